The highest BCUT2D eigenvalue weighted by Gasteiger charge is 2.42. The first-order chi connectivity index (χ1) is 14.4. The smallest absolute Gasteiger partial charge is 0.169 e. The van der Waals surface area contributed by atoms with Gasteiger partial charge < -0.3 is 4.67 Å². The number of hydrogen-bond donors (Lipinski definition) is 0. The number of aromatic nitrogens is 2. The topological polar surface area (TPSA) is 36.7 Å². The summed E-state index contributed by atoms with van der Waals surface area (Å²) in [6.45, 7) is 7.78. The monoisotopic (exact) mass is 441 g/mol. The van der Waals surface area contributed by atoms with Gasteiger partial charge >= 0.3 is 0 Å². The molecule has 30 heavy (non-hydrogen) atoms. The summed E-state index contributed by atoms with van der Waals surface area (Å²) in [7, 11) is 1.94. The Morgan fingerprint density at radius 3 is 2.30 bits per heavy atom. The van der Waals surface area contributed by atoms with Crippen LogP contribution in [0.3, 0.4) is 0 Å². The normalized spacial score (nSPS) is 18.5. The van der Waals surface area contributed by atoms with Crippen molar-refractivity contribution in [3.05, 3.63) is 71.7 Å². The molecule has 0 radical (unpaired) electrons. The summed E-state index contributed by atoms with van der Waals surface area (Å²) in [4.78, 5) is 4.94. The van der Waals surface area contributed by atoms with E-state index in [0.717, 1.165) is 29.8 Å². The van der Waals surface area contributed by atoms with Crippen molar-refractivity contribution in [3.63, 3.8) is 0 Å². The summed E-state index contributed by atoms with van der Waals surface area (Å²) in [5, 5.41) is 5.80. The molecule has 0 spiro atoms. The fourth-order valence-electron chi connectivity index (χ4n) is 3.96. The first-order valence-corrected chi connectivity index (χ1v) is 12.7. The van der Waals surface area contributed by atoms with Gasteiger partial charge in [-0.25, -0.2) is 14.1 Å². The van der Waals surface area contributed by atoms with Crippen LogP contribution in [-0.4, -0.2) is 45.1 Å². The zero-order valence-corrected chi connectivity index (χ0v) is 19.3. The number of para-hydroxylation sites is 1. The fraction of sp³-hybridized carbons (Fsp3) is 0.273. The van der Waals surface area contributed by atoms with Crippen molar-refractivity contribution in [3.8, 4) is 5.69 Å². The van der Waals surface area contributed by atoms with Gasteiger partial charge in [-0.3, -0.25) is 4.67 Å². The molecule has 0 fully saturated rings. The number of fused-ring (bicyclic) bond motifs is 1. The molecule has 2 heterocycles. The molecule has 1 aromatic heterocycles. The van der Waals surface area contributed by atoms with Gasteiger partial charge in [0.25, 0.3) is 0 Å². The number of aliphatic imine (C=N–C) groups is 1. The van der Waals surface area contributed by atoms with E-state index in [1.165, 1.54) is 6.07 Å². The van der Waals surface area contributed by atoms with E-state index in [1.807, 2.05) is 59.7 Å². The van der Waals surface area contributed by atoms with Crippen LogP contribution in [-0.2, 0) is 11.8 Å². The van der Waals surface area contributed by atoms with Gasteiger partial charge in [0.05, 0.1) is 22.2 Å². The maximum absolute atomic E-state index is 14.8. The van der Waals surface area contributed by atoms with Crippen molar-refractivity contribution in [2.75, 3.05) is 20.1 Å². The van der Waals surface area contributed by atoms with E-state index in [1.54, 1.807) is 12.1 Å². The largest absolute Gasteiger partial charge is 0.316 e. The lowest BCUT2D eigenvalue weighted by Crippen LogP contribution is -2.41. The third kappa shape index (κ3) is 3.13. The molecule has 4 rings (SSSR count). The summed E-state index contributed by atoms with van der Waals surface area (Å²) in [6, 6.07) is 16.6. The summed E-state index contributed by atoms with van der Waals surface area (Å²) in [5.41, 5.74) is 2.22. The lowest BCUT2D eigenvalue weighted by molar-refractivity contribution is 0.486. The minimum absolute atomic E-state index is 0.310. The molecule has 0 bridgehead atoms. The van der Waals surface area contributed by atoms with Gasteiger partial charge in [-0.1, -0.05) is 56.0 Å². The molecule has 3 aromatic rings. The molecule has 1 aliphatic heterocycles. The quantitative estimate of drug-likeness (QED) is 0.542. The molecule has 1 atom stereocenters. The highest BCUT2D eigenvalue weighted by atomic mass is 32.4. The summed E-state index contributed by atoms with van der Waals surface area (Å²) < 4.78 is 20.9. The van der Waals surface area contributed by atoms with Crippen LogP contribution in [0.5, 0.6) is 0 Å². The zero-order chi connectivity index (χ0) is 21.5. The van der Waals surface area contributed by atoms with Gasteiger partial charge in [0.2, 0.25) is 0 Å². The molecule has 0 N–H and O–H groups in total. The summed E-state index contributed by atoms with van der Waals surface area (Å²) in [5.74, 6) is 0.938. The second-order valence-corrected chi connectivity index (χ2v) is 11.4. The summed E-state index contributed by atoms with van der Waals surface area (Å²) >= 11 is 6.43. The van der Waals surface area contributed by atoms with E-state index >= 15 is 0 Å². The molecular weight excluding hydrogens is 416 g/mol. The number of halogens is 1. The highest BCUT2D eigenvalue weighted by Crippen LogP contribution is 2.57. The van der Waals surface area contributed by atoms with Crippen molar-refractivity contribution in [2.24, 2.45) is 4.99 Å². The van der Waals surface area contributed by atoms with Crippen LogP contribution in [0.2, 0.25) is 0 Å². The van der Waals surface area contributed by atoms with E-state index in [0.29, 0.717) is 17.2 Å². The van der Waals surface area contributed by atoms with Crippen LogP contribution in [0, 0.1) is 12.7 Å². The minimum Gasteiger partial charge on any atom is -0.316 e. The number of aryl methyl sites for hydroxylation is 1. The number of rotatable bonds is 5. The third-order valence-corrected chi connectivity index (χ3v) is 10.9. The molecule has 0 saturated heterocycles. The van der Waals surface area contributed by atoms with E-state index in [-0.39, 0.29) is 5.82 Å². The van der Waals surface area contributed by atoms with Crippen LogP contribution in [0.4, 0.5) is 10.2 Å². The average molecular weight is 442 g/mol. The molecular formula is C22H25FN5PS. The first-order valence-electron chi connectivity index (χ1n) is 10.0. The molecule has 0 aliphatic carbocycles. The molecule has 0 saturated carbocycles. The van der Waals surface area contributed by atoms with E-state index in [9.17, 15) is 4.39 Å². The first kappa shape index (κ1) is 20.9. The average Bonchev–Trinajstić information content (AvgIpc) is 3.09. The zero-order valence-electron chi connectivity index (χ0n) is 17.6. The van der Waals surface area contributed by atoms with Crippen LogP contribution in [0.1, 0.15) is 25.1 Å². The van der Waals surface area contributed by atoms with Crippen molar-refractivity contribution in [1.29, 1.82) is 0 Å². The third-order valence-electron chi connectivity index (χ3n) is 5.45. The number of hydrogen-bond acceptors (Lipinski definition) is 3. The van der Waals surface area contributed by atoms with Gasteiger partial charge in [-0.15, -0.1) is 0 Å². The van der Waals surface area contributed by atoms with Gasteiger partial charge in [0, 0.05) is 20.1 Å². The Bertz CT molecular complexity index is 1150. The SMILES string of the molecule is CCN(CC)P1(=S)c2c(C)nn(-c3ccccc3)c2N=C(c2ccccc2F)N1C. The minimum atomic E-state index is -2.46. The molecule has 8 heteroatoms. The standard InChI is InChI=1S/C22H25FN5PS/c1-5-27(6-2)29(30)20-16(3)25-28(17-12-8-7-9-13-17)22(20)24-21(26(29)4)18-14-10-11-15-19(18)23/h7-15H,5-6H2,1-4H3. The van der Waals surface area contributed by atoms with E-state index in [4.69, 9.17) is 21.9 Å². The van der Waals surface area contributed by atoms with Crippen LogP contribution < -0.4 is 5.30 Å². The van der Waals surface area contributed by atoms with Crippen LogP contribution in [0.25, 0.3) is 5.69 Å². The van der Waals surface area contributed by atoms with Gasteiger partial charge in [-0.05, 0) is 31.2 Å². The van der Waals surface area contributed by atoms with Crippen molar-refractivity contribution in [2.45, 2.75) is 20.8 Å². The van der Waals surface area contributed by atoms with Crippen molar-refractivity contribution < 1.29 is 4.39 Å². The highest BCUT2D eigenvalue weighted by molar-refractivity contribution is 8.16. The van der Waals surface area contributed by atoms with Crippen molar-refractivity contribution in [1.82, 2.24) is 19.1 Å². The maximum Gasteiger partial charge on any atom is 0.169 e. The molecule has 156 valence electrons. The van der Waals surface area contributed by atoms with E-state index in [2.05, 4.69) is 18.5 Å². The fourth-order valence-corrected chi connectivity index (χ4v) is 8.54. The van der Waals surface area contributed by atoms with Crippen LogP contribution >= 0.6 is 6.34 Å². The Kier molecular flexibility index (Phi) is 5.62. The summed E-state index contributed by atoms with van der Waals surface area (Å²) in [6.07, 6.45) is -2.46. The predicted octanol–water partition coefficient (Wildman–Crippen LogP) is 4.62. The van der Waals surface area contributed by atoms with Gasteiger partial charge in [0.1, 0.15) is 18.0 Å². The van der Waals surface area contributed by atoms with Crippen LogP contribution in [0.15, 0.2) is 59.6 Å². The number of nitrogens with zero attached hydrogens (tertiary/aromatic N) is 5. The van der Waals surface area contributed by atoms with Crippen molar-refractivity contribution >= 4 is 35.1 Å². The second-order valence-electron chi connectivity index (χ2n) is 7.13. The molecule has 5 nitrogen and oxygen atoms in total. The molecule has 0 amide bonds. The second kappa shape index (κ2) is 8.06. The van der Waals surface area contributed by atoms with E-state index < -0.39 is 6.34 Å². The Balaban J connectivity index is 2.06. The predicted molar refractivity (Wildman–Crippen MR) is 126 cm³/mol. The Hall–Kier alpha value is -2.34. The maximum atomic E-state index is 14.8. The molecule has 1 aliphatic rings. The number of benzene rings is 2. The lowest BCUT2D eigenvalue weighted by Gasteiger charge is -2.43. The Labute approximate surface area is 182 Å². The van der Waals surface area contributed by atoms with Gasteiger partial charge in [-0.2, -0.15) is 5.10 Å². The Morgan fingerprint density at radius 1 is 1.03 bits per heavy atom. The Morgan fingerprint density at radius 2 is 1.67 bits per heavy atom. The molecule has 1 unspecified atom stereocenters. The lowest BCUT2D eigenvalue weighted by atomic mass is 10.2. The number of amidine groups is 1. The molecule has 2 aromatic carbocycles. The van der Waals surface area contributed by atoms with Gasteiger partial charge in [0.15, 0.2) is 5.82 Å².